The summed E-state index contributed by atoms with van der Waals surface area (Å²) in [6.07, 6.45) is 1.52. The lowest BCUT2D eigenvalue weighted by molar-refractivity contribution is -0.112. The molecule has 1 N–H and O–H groups in total. The van der Waals surface area contributed by atoms with Gasteiger partial charge in [0.2, 0.25) is 0 Å². The Labute approximate surface area is 202 Å². The number of benzene rings is 2. The molecule has 3 aromatic rings. The van der Waals surface area contributed by atoms with Crippen LogP contribution < -0.4 is 10.2 Å². The van der Waals surface area contributed by atoms with E-state index in [1.165, 1.54) is 18.2 Å². The van der Waals surface area contributed by atoms with Crippen LogP contribution >= 0.6 is 11.6 Å². The predicted molar refractivity (Wildman–Crippen MR) is 130 cm³/mol. The number of hydrogen-bond acceptors (Lipinski definition) is 5. The number of carbonyl (C=O) groups excluding carboxylic acids is 1. The van der Waals surface area contributed by atoms with Crippen molar-refractivity contribution in [1.29, 1.82) is 5.26 Å². The van der Waals surface area contributed by atoms with E-state index in [1.807, 2.05) is 19.1 Å². The second-order valence-corrected chi connectivity index (χ2v) is 8.29. The molecule has 0 aliphatic carbocycles. The lowest BCUT2D eigenvalue weighted by Crippen LogP contribution is -2.36. The first kappa shape index (κ1) is 23.5. The maximum Gasteiger partial charge on any atom is 0.266 e. The molecule has 9 heteroatoms. The molecule has 1 fully saturated rings. The molecular weight excluding hydrogens is 457 g/mol. The molecule has 2 heterocycles. The van der Waals surface area contributed by atoms with E-state index in [4.69, 9.17) is 16.3 Å². The number of nitrogens with zero attached hydrogens (tertiary/aromatic N) is 4. The quantitative estimate of drug-likeness (QED) is 0.425. The van der Waals surface area contributed by atoms with Crippen LogP contribution in [0, 0.1) is 31.0 Å². The average molecular weight is 480 g/mol. The molecular formula is C25H23ClFN5O2. The maximum atomic E-state index is 13.3. The molecule has 1 aliphatic rings. The molecule has 0 spiro atoms. The minimum absolute atomic E-state index is 0.0715. The van der Waals surface area contributed by atoms with Gasteiger partial charge >= 0.3 is 0 Å². The van der Waals surface area contributed by atoms with Crippen LogP contribution in [-0.2, 0) is 9.53 Å². The molecule has 174 valence electrons. The number of aryl methyl sites for hydroxylation is 1. The molecule has 34 heavy (non-hydrogen) atoms. The zero-order chi connectivity index (χ0) is 24.2. The van der Waals surface area contributed by atoms with Crippen molar-refractivity contribution in [3.05, 3.63) is 75.8 Å². The van der Waals surface area contributed by atoms with Crippen LogP contribution in [0.2, 0.25) is 5.02 Å². The zero-order valence-electron chi connectivity index (χ0n) is 18.8. The summed E-state index contributed by atoms with van der Waals surface area (Å²) in [5, 5.41) is 17.6. The van der Waals surface area contributed by atoms with Crippen LogP contribution in [0.3, 0.4) is 0 Å². The van der Waals surface area contributed by atoms with Crippen LogP contribution in [0.4, 0.5) is 15.8 Å². The second-order valence-electron chi connectivity index (χ2n) is 7.86. The lowest BCUT2D eigenvalue weighted by Gasteiger charge is -2.30. The minimum Gasteiger partial charge on any atom is -0.378 e. The van der Waals surface area contributed by atoms with Crippen LogP contribution in [0.15, 0.2) is 48.0 Å². The summed E-state index contributed by atoms with van der Waals surface area (Å²) in [4.78, 5) is 15.2. The number of rotatable bonds is 5. The van der Waals surface area contributed by atoms with E-state index in [0.717, 1.165) is 11.4 Å². The topological polar surface area (TPSA) is 83.2 Å². The van der Waals surface area contributed by atoms with Crippen molar-refractivity contribution < 1.29 is 13.9 Å². The van der Waals surface area contributed by atoms with Crippen molar-refractivity contribution in [2.45, 2.75) is 13.8 Å². The summed E-state index contributed by atoms with van der Waals surface area (Å²) < 4.78 is 20.4. The summed E-state index contributed by atoms with van der Waals surface area (Å²) >= 11 is 6.19. The summed E-state index contributed by atoms with van der Waals surface area (Å²) in [5.41, 5.74) is 3.96. The third-order valence-corrected chi connectivity index (χ3v) is 5.87. The fourth-order valence-electron chi connectivity index (χ4n) is 3.87. The molecule has 0 unspecified atom stereocenters. The predicted octanol–water partition coefficient (Wildman–Crippen LogP) is 4.66. The second kappa shape index (κ2) is 10.1. The van der Waals surface area contributed by atoms with E-state index in [0.29, 0.717) is 54.0 Å². The fraction of sp³-hybridized carbons (Fsp3) is 0.240. The Morgan fingerprint density at radius 3 is 2.59 bits per heavy atom. The van der Waals surface area contributed by atoms with E-state index in [-0.39, 0.29) is 11.4 Å². The lowest BCUT2D eigenvalue weighted by atomic mass is 10.1. The fourth-order valence-corrected chi connectivity index (χ4v) is 4.04. The zero-order valence-corrected chi connectivity index (χ0v) is 19.6. The number of ether oxygens (including phenoxy) is 1. The molecule has 1 saturated heterocycles. The van der Waals surface area contributed by atoms with Crippen molar-refractivity contribution in [2.24, 2.45) is 0 Å². The van der Waals surface area contributed by atoms with Gasteiger partial charge in [-0.3, -0.25) is 4.79 Å². The number of carbonyl (C=O) groups is 1. The van der Waals surface area contributed by atoms with Crippen LogP contribution in [0.5, 0.6) is 0 Å². The average Bonchev–Trinajstić information content (AvgIpc) is 3.11. The highest BCUT2D eigenvalue weighted by Gasteiger charge is 2.19. The Balaban J connectivity index is 1.63. The van der Waals surface area contributed by atoms with Gasteiger partial charge in [0.05, 0.1) is 36.0 Å². The molecule has 1 amide bonds. The van der Waals surface area contributed by atoms with Gasteiger partial charge in [-0.15, -0.1) is 0 Å². The summed E-state index contributed by atoms with van der Waals surface area (Å²) in [6, 6.07) is 13.2. The third kappa shape index (κ3) is 4.96. The number of morpholine rings is 1. The van der Waals surface area contributed by atoms with Crippen molar-refractivity contribution in [3.8, 4) is 11.8 Å². The van der Waals surface area contributed by atoms with E-state index in [9.17, 15) is 14.4 Å². The van der Waals surface area contributed by atoms with E-state index in [1.54, 1.807) is 35.9 Å². The largest absolute Gasteiger partial charge is 0.378 e. The van der Waals surface area contributed by atoms with E-state index >= 15 is 0 Å². The summed E-state index contributed by atoms with van der Waals surface area (Å²) in [5.74, 6) is -0.890. The number of anilines is 2. The number of nitrogens with one attached hydrogen (secondary N) is 1. The van der Waals surface area contributed by atoms with Gasteiger partial charge in [0.15, 0.2) is 0 Å². The highest BCUT2D eigenvalue weighted by molar-refractivity contribution is 6.31. The summed E-state index contributed by atoms with van der Waals surface area (Å²) in [6.45, 7) is 6.18. The maximum absolute atomic E-state index is 13.3. The SMILES string of the molecule is Cc1nn(-c2ccc(F)cc2)c(C)c1C=C(C#N)C(=O)Nc1cc(Cl)ccc1N1CCOCC1. The first-order chi connectivity index (χ1) is 16.4. The van der Waals surface area contributed by atoms with Crippen molar-refractivity contribution in [1.82, 2.24) is 9.78 Å². The van der Waals surface area contributed by atoms with Crippen molar-refractivity contribution in [3.63, 3.8) is 0 Å². The summed E-state index contributed by atoms with van der Waals surface area (Å²) in [7, 11) is 0. The molecule has 0 bridgehead atoms. The van der Waals surface area contributed by atoms with Crippen molar-refractivity contribution in [2.75, 3.05) is 36.5 Å². The molecule has 0 saturated carbocycles. The molecule has 7 nitrogen and oxygen atoms in total. The smallest absolute Gasteiger partial charge is 0.266 e. The van der Waals surface area contributed by atoms with Gasteiger partial charge in [-0.1, -0.05) is 11.6 Å². The Hall–Kier alpha value is -3.67. The Kier molecular flexibility index (Phi) is 6.96. The monoisotopic (exact) mass is 479 g/mol. The highest BCUT2D eigenvalue weighted by atomic mass is 35.5. The number of aromatic nitrogens is 2. The number of nitriles is 1. The number of halogens is 2. The van der Waals surface area contributed by atoms with Crippen LogP contribution in [-0.4, -0.2) is 42.0 Å². The molecule has 0 radical (unpaired) electrons. The molecule has 1 aliphatic heterocycles. The van der Waals surface area contributed by atoms with Gasteiger partial charge in [0.1, 0.15) is 17.5 Å². The normalized spacial score (nSPS) is 14.1. The van der Waals surface area contributed by atoms with Gasteiger partial charge in [0.25, 0.3) is 5.91 Å². The first-order valence-corrected chi connectivity index (χ1v) is 11.1. The first-order valence-electron chi connectivity index (χ1n) is 10.7. The standard InChI is InChI=1S/C25H23ClFN5O2/c1-16-22(17(2)32(30-16)21-6-4-20(27)5-7-21)13-18(15-28)25(33)29-23-14-19(26)3-8-24(23)31-9-11-34-12-10-31/h3-8,13-14H,9-12H2,1-2H3,(H,29,33). The molecule has 2 aromatic carbocycles. The van der Waals surface area contributed by atoms with Crippen LogP contribution in [0.1, 0.15) is 17.0 Å². The van der Waals surface area contributed by atoms with Gasteiger partial charge in [-0.05, 0) is 62.4 Å². The molecule has 1 aromatic heterocycles. The minimum atomic E-state index is -0.549. The van der Waals surface area contributed by atoms with E-state index < -0.39 is 5.91 Å². The van der Waals surface area contributed by atoms with Gasteiger partial charge < -0.3 is 15.0 Å². The Bertz CT molecular complexity index is 1290. The van der Waals surface area contributed by atoms with Crippen molar-refractivity contribution >= 4 is 35.0 Å². The number of amides is 1. The number of hydrogen-bond donors (Lipinski definition) is 1. The highest BCUT2D eigenvalue weighted by Crippen LogP contribution is 2.30. The molecule has 4 rings (SSSR count). The van der Waals surface area contributed by atoms with E-state index in [2.05, 4.69) is 15.3 Å². The third-order valence-electron chi connectivity index (χ3n) is 5.63. The van der Waals surface area contributed by atoms with Gasteiger partial charge in [0, 0.05) is 29.4 Å². The van der Waals surface area contributed by atoms with Gasteiger partial charge in [-0.25, -0.2) is 9.07 Å². The Morgan fingerprint density at radius 1 is 1.21 bits per heavy atom. The van der Waals surface area contributed by atoms with Crippen LogP contribution in [0.25, 0.3) is 11.8 Å². The Morgan fingerprint density at radius 2 is 1.91 bits per heavy atom. The van der Waals surface area contributed by atoms with Gasteiger partial charge in [-0.2, -0.15) is 10.4 Å². The molecule has 0 atom stereocenters.